The van der Waals surface area contributed by atoms with E-state index in [0.717, 1.165) is 21.8 Å². The minimum Gasteiger partial charge on any atom is -0.366 e. The van der Waals surface area contributed by atoms with Gasteiger partial charge in [-0.05, 0) is 31.2 Å². The van der Waals surface area contributed by atoms with Crippen molar-refractivity contribution in [3.8, 4) is 0 Å². The zero-order chi connectivity index (χ0) is 19.5. The van der Waals surface area contributed by atoms with Crippen molar-refractivity contribution < 1.29 is 9.18 Å². The Morgan fingerprint density at radius 1 is 1.00 bits per heavy atom. The van der Waals surface area contributed by atoms with Gasteiger partial charge in [0.1, 0.15) is 10.8 Å². The summed E-state index contributed by atoms with van der Waals surface area (Å²) in [6, 6.07) is 14.5. The van der Waals surface area contributed by atoms with Gasteiger partial charge in [-0.1, -0.05) is 36.0 Å². The van der Waals surface area contributed by atoms with Gasteiger partial charge in [-0.25, -0.2) is 14.4 Å². The van der Waals surface area contributed by atoms with E-state index in [9.17, 15) is 9.18 Å². The van der Waals surface area contributed by atoms with Crippen molar-refractivity contribution in [2.24, 2.45) is 0 Å². The fraction of sp³-hybridized carbons (Fsp3) is 0.286. The largest absolute Gasteiger partial charge is 0.366 e. The highest BCUT2D eigenvalue weighted by atomic mass is 32.2. The lowest BCUT2D eigenvalue weighted by Gasteiger charge is -2.36. The molecule has 1 aromatic heterocycles. The Morgan fingerprint density at radius 2 is 1.64 bits per heavy atom. The molecular weight excluding hydrogens is 375 g/mol. The molecule has 0 radical (unpaired) electrons. The van der Waals surface area contributed by atoms with E-state index < -0.39 is 0 Å². The minimum absolute atomic E-state index is 0.0764. The molecule has 0 saturated carbocycles. The van der Waals surface area contributed by atoms with Crippen LogP contribution < -0.4 is 4.90 Å². The molecule has 0 unspecified atom stereocenters. The number of fused-ring (bicyclic) bond motifs is 1. The molecule has 144 valence electrons. The Labute approximate surface area is 167 Å². The highest BCUT2D eigenvalue weighted by Crippen LogP contribution is 2.23. The van der Waals surface area contributed by atoms with Crippen LogP contribution in [0.3, 0.4) is 0 Å². The Balaban J connectivity index is 1.35. The molecule has 28 heavy (non-hydrogen) atoms. The Kier molecular flexibility index (Phi) is 5.43. The number of carbonyl (C=O) groups is 1. The van der Waals surface area contributed by atoms with Gasteiger partial charge in [0, 0.05) is 26.2 Å². The van der Waals surface area contributed by atoms with E-state index in [1.165, 1.54) is 17.8 Å². The second-order valence-corrected chi connectivity index (χ2v) is 7.67. The van der Waals surface area contributed by atoms with Crippen molar-refractivity contribution >= 4 is 34.4 Å². The summed E-state index contributed by atoms with van der Waals surface area (Å²) in [5, 5.41) is 0.789. The average Bonchev–Trinajstić information content (AvgIpc) is 2.72. The second-order valence-electron chi connectivity index (χ2n) is 6.71. The predicted molar refractivity (Wildman–Crippen MR) is 110 cm³/mol. The van der Waals surface area contributed by atoms with E-state index in [1.807, 2.05) is 47.1 Å². The molecule has 0 spiro atoms. The van der Waals surface area contributed by atoms with Crippen molar-refractivity contribution in [3.63, 3.8) is 0 Å². The molecule has 1 aliphatic rings. The molecule has 7 heteroatoms. The lowest BCUT2D eigenvalue weighted by Crippen LogP contribution is -2.49. The number of piperazine rings is 1. The molecule has 1 saturated heterocycles. The fourth-order valence-corrected chi connectivity index (χ4v) is 4.20. The summed E-state index contributed by atoms with van der Waals surface area (Å²) in [7, 11) is 0. The zero-order valence-electron chi connectivity index (χ0n) is 15.6. The number of halogens is 1. The minimum atomic E-state index is -0.219. The van der Waals surface area contributed by atoms with Gasteiger partial charge in [0.25, 0.3) is 0 Å². The van der Waals surface area contributed by atoms with Crippen LogP contribution in [0.25, 0.3) is 11.0 Å². The molecule has 0 atom stereocenters. The number of rotatable bonds is 4. The van der Waals surface area contributed by atoms with Gasteiger partial charge in [-0.2, -0.15) is 0 Å². The number of hydrogen-bond donors (Lipinski definition) is 0. The number of hydrogen-bond acceptors (Lipinski definition) is 5. The normalized spacial score (nSPS) is 14.5. The van der Waals surface area contributed by atoms with Crippen LogP contribution in [0, 0.1) is 12.7 Å². The van der Waals surface area contributed by atoms with Crippen LogP contribution in [-0.4, -0.2) is 52.7 Å². The summed E-state index contributed by atoms with van der Waals surface area (Å²) in [5.41, 5.74) is 3.13. The zero-order valence-corrected chi connectivity index (χ0v) is 16.5. The first-order chi connectivity index (χ1) is 13.6. The third-order valence-corrected chi connectivity index (χ3v) is 5.91. The monoisotopic (exact) mass is 396 g/mol. The summed E-state index contributed by atoms with van der Waals surface area (Å²) < 4.78 is 13.9. The van der Waals surface area contributed by atoms with Crippen LogP contribution in [0.5, 0.6) is 0 Å². The fourth-order valence-electron chi connectivity index (χ4n) is 3.34. The van der Waals surface area contributed by atoms with Crippen LogP contribution >= 0.6 is 11.8 Å². The smallest absolute Gasteiger partial charge is 0.233 e. The van der Waals surface area contributed by atoms with Gasteiger partial charge >= 0.3 is 0 Å². The predicted octanol–water partition coefficient (Wildman–Crippen LogP) is 3.52. The number of carbonyl (C=O) groups excluding carboxylic acids is 1. The number of nitrogens with zero attached hydrogens (tertiary/aromatic N) is 4. The first-order valence-electron chi connectivity index (χ1n) is 9.25. The molecule has 1 aliphatic heterocycles. The SMILES string of the molecule is Cc1nc2ccccc2nc1SCC(=O)N1CCN(c2ccccc2F)CC1. The average molecular weight is 396 g/mol. The van der Waals surface area contributed by atoms with Crippen LogP contribution in [0.4, 0.5) is 10.1 Å². The number of thioether (sulfide) groups is 1. The number of amides is 1. The topological polar surface area (TPSA) is 49.3 Å². The van der Waals surface area contributed by atoms with Crippen molar-refractivity contribution in [3.05, 3.63) is 60.0 Å². The van der Waals surface area contributed by atoms with Crippen molar-refractivity contribution in [1.82, 2.24) is 14.9 Å². The summed E-state index contributed by atoms with van der Waals surface area (Å²) in [4.78, 5) is 25.7. The van der Waals surface area contributed by atoms with Crippen LogP contribution in [0.2, 0.25) is 0 Å². The first-order valence-corrected chi connectivity index (χ1v) is 10.2. The standard InChI is InChI=1S/C21H21FN4OS/c1-15-21(24-18-8-4-3-7-17(18)23-15)28-14-20(27)26-12-10-25(11-13-26)19-9-5-2-6-16(19)22/h2-9H,10-14H2,1H3. The lowest BCUT2D eigenvalue weighted by molar-refractivity contribution is -0.128. The van der Waals surface area contributed by atoms with Gasteiger partial charge in [-0.15, -0.1) is 0 Å². The maximum Gasteiger partial charge on any atom is 0.233 e. The van der Waals surface area contributed by atoms with E-state index in [-0.39, 0.29) is 11.7 Å². The maximum absolute atomic E-state index is 13.9. The summed E-state index contributed by atoms with van der Waals surface area (Å²) >= 11 is 1.42. The van der Waals surface area contributed by atoms with Gasteiger partial charge in [-0.3, -0.25) is 4.79 Å². The van der Waals surface area contributed by atoms with Crippen molar-refractivity contribution in [2.45, 2.75) is 11.9 Å². The quantitative estimate of drug-likeness (QED) is 0.632. The van der Waals surface area contributed by atoms with Crippen LogP contribution in [0.1, 0.15) is 5.69 Å². The number of anilines is 1. The summed E-state index contributed by atoms with van der Waals surface area (Å²) in [6.45, 7) is 4.37. The highest BCUT2D eigenvalue weighted by molar-refractivity contribution is 7.99. The maximum atomic E-state index is 13.9. The molecule has 2 aromatic carbocycles. The molecule has 1 amide bonds. The van der Waals surface area contributed by atoms with Crippen LogP contribution in [-0.2, 0) is 4.79 Å². The highest BCUT2D eigenvalue weighted by Gasteiger charge is 2.23. The molecular formula is C21H21FN4OS. The van der Waals surface area contributed by atoms with Gasteiger partial charge in [0.15, 0.2) is 0 Å². The number of para-hydroxylation sites is 3. The molecule has 0 aliphatic carbocycles. The molecule has 1 fully saturated rings. The van der Waals surface area contributed by atoms with Gasteiger partial charge < -0.3 is 9.80 Å². The lowest BCUT2D eigenvalue weighted by atomic mass is 10.2. The number of benzene rings is 2. The Morgan fingerprint density at radius 3 is 2.36 bits per heavy atom. The third-order valence-electron chi connectivity index (χ3n) is 4.86. The van der Waals surface area contributed by atoms with E-state index in [0.29, 0.717) is 37.6 Å². The number of aromatic nitrogens is 2. The van der Waals surface area contributed by atoms with E-state index in [2.05, 4.69) is 9.97 Å². The van der Waals surface area contributed by atoms with Crippen LogP contribution in [0.15, 0.2) is 53.6 Å². The molecule has 3 aromatic rings. The molecule has 0 bridgehead atoms. The van der Waals surface area contributed by atoms with Gasteiger partial charge in [0.2, 0.25) is 5.91 Å². The third kappa shape index (κ3) is 3.94. The second kappa shape index (κ2) is 8.14. The molecule has 4 rings (SSSR count). The van der Waals surface area contributed by atoms with Crippen molar-refractivity contribution in [1.29, 1.82) is 0 Å². The van der Waals surface area contributed by atoms with E-state index >= 15 is 0 Å². The van der Waals surface area contributed by atoms with Crippen molar-refractivity contribution in [2.75, 3.05) is 36.8 Å². The molecule has 2 heterocycles. The van der Waals surface area contributed by atoms with E-state index in [1.54, 1.807) is 12.1 Å². The van der Waals surface area contributed by atoms with Gasteiger partial charge in [0.05, 0.1) is 28.2 Å². The molecule has 5 nitrogen and oxygen atoms in total. The Hall–Kier alpha value is -2.67. The number of aryl methyl sites for hydroxylation is 1. The molecule has 0 N–H and O–H groups in total. The summed E-state index contributed by atoms with van der Waals surface area (Å²) in [5.74, 6) is 0.184. The van der Waals surface area contributed by atoms with E-state index in [4.69, 9.17) is 0 Å². The Bertz CT molecular complexity index is 1000. The first kappa shape index (κ1) is 18.7. The summed E-state index contributed by atoms with van der Waals surface area (Å²) in [6.07, 6.45) is 0.